The van der Waals surface area contributed by atoms with Crippen LogP contribution in [0.25, 0.3) is 0 Å². The van der Waals surface area contributed by atoms with E-state index in [1.54, 1.807) is 14.0 Å². The molecule has 3 amide bonds. The number of carbonyl (C=O) groups excluding carboxylic acids is 3. The average molecular weight is 384 g/mol. The van der Waals surface area contributed by atoms with Gasteiger partial charge in [-0.15, -0.1) is 0 Å². The Morgan fingerprint density at radius 2 is 1.82 bits per heavy atom. The van der Waals surface area contributed by atoms with Crippen LogP contribution in [-0.4, -0.2) is 41.8 Å². The van der Waals surface area contributed by atoms with Gasteiger partial charge in [0.05, 0.1) is 19.2 Å². The van der Waals surface area contributed by atoms with Crippen LogP contribution in [0.4, 0.5) is 9.18 Å². The Morgan fingerprint density at radius 3 is 2.46 bits per heavy atom. The van der Waals surface area contributed by atoms with Crippen LogP contribution in [0.5, 0.6) is 5.75 Å². The number of rotatable bonds is 7. The number of hydrogen-bond donors (Lipinski definition) is 1. The molecule has 1 N–H and O–H groups in total. The van der Waals surface area contributed by atoms with Crippen LogP contribution in [0.2, 0.25) is 0 Å². The van der Waals surface area contributed by atoms with Gasteiger partial charge in [-0.25, -0.2) is 9.18 Å². The van der Waals surface area contributed by atoms with Crippen molar-refractivity contribution in [2.24, 2.45) is 0 Å². The third-order valence-electron chi connectivity index (χ3n) is 4.89. The van der Waals surface area contributed by atoms with E-state index >= 15 is 0 Å². The van der Waals surface area contributed by atoms with Gasteiger partial charge in [-0.2, -0.15) is 0 Å². The number of imide groups is 1. The number of ketones is 1. The van der Waals surface area contributed by atoms with Gasteiger partial charge in [0.15, 0.2) is 5.78 Å². The summed E-state index contributed by atoms with van der Waals surface area (Å²) in [6, 6.07) is 12.3. The summed E-state index contributed by atoms with van der Waals surface area (Å²) in [6.07, 6.45) is 0.926. The predicted octanol–water partition coefficient (Wildman–Crippen LogP) is 2.96. The lowest BCUT2D eigenvalue weighted by Gasteiger charge is -2.21. The fourth-order valence-corrected chi connectivity index (χ4v) is 3.16. The van der Waals surface area contributed by atoms with Gasteiger partial charge in [0.1, 0.15) is 17.1 Å². The first-order chi connectivity index (χ1) is 13.3. The number of ether oxygens (including phenoxy) is 1. The van der Waals surface area contributed by atoms with Gasteiger partial charge < -0.3 is 10.1 Å². The summed E-state index contributed by atoms with van der Waals surface area (Å²) in [5.41, 5.74) is -0.271. The largest absolute Gasteiger partial charge is 0.497 e. The van der Waals surface area contributed by atoms with Crippen molar-refractivity contribution < 1.29 is 23.5 Å². The van der Waals surface area contributed by atoms with Crippen molar-refractivity contribution in [1.29, 1.82) is 0 Å². The number of aryl methyl sites for hydroxylation is 1. The molecule has 0 spiro atoms. The number of halogens is 1. The highest BCUT2D eigenvalue weighted by molar-refractivity contribution is 6.11. The molecule has 0 bridgehead atoms. The zero-order valence-electron chi connectivity index (χ0n) is 15.7. The number of nitrogens with zero attached hydrogens (tertiary/aromatic N) is 1. The van der Waals surface area contributed by atoms with Crippen LogP contribution in [0.15, 0.2) is 48.5 Å². The van der Waals surface area contributed by atoms with Crippen LogP contribution in [0, 0.1) is 5.82 Å². The number of carbonyl (C=O) groups is 3. The first kappa shape index (κ1) is 19.5. The summed E-state index contributed by atoms with van der Waals surface area (Å²) < 4.78 is 18.9. The first-order valence-electron chi connectivity index (χ1n) is 8.89. The molecule has 1 heterocycles. The molecule has 1 aliphatic heterocycles. The van der Waals surface area contributed by atoms with E-state index in [4.69, 9.17) is 4.74 Å². The fourth-order valence-electron chi connectivity index (χ4n) is 3.16. The van der Waals surface area contributed by atoms with Crippen molar-refractivity contribution in [2.75, 3.05) is 13.7 Å². The monoisotopic (exact) mass is 384 g/mol. The van der Waals surface area contributed by atoms with Gasteiger partial charge in [0.2, 0.25) is 0 Å². The minimum absolute atomic E-state index is 0.144. The third kappa shape index (κ3) is 3.88. The molecule has 0 radical (unpaired) electrons. The molecule has 1 aliphatic rings. The number of hydrogen-bond acceptors (Lipinski definition) is 4. The quantitative estimate of drug-likeness (QED) is 0.588. The maximum Gasteiger partial charge on any atom is 0.325 e. The van der Waals surface area contributed by atoms with Crippen molar-refractivity contribution in [3.05, 3.63) is 65.5 Å². The van der Waals surface area contributed by atoms with Crippen LogP contribution >= 0.6 is 0 Å². The smallest absolute Gasteiger partial charge is 0.325 e. The van der Waals surface area contributed by atoms with E-state index in [-0.39, 0.29) is 5.56 Å². The number of methoxy groups -OCH3 is 1. The number of amides is 3. The number of urea groups is 1. The molecule has 146 valence electrons. The third-order valence-corrected chi connectivity index (χ3v) is 4.89. The standard InChI is InChI=1S/C21H21FN2O4/c1-21(12-11-14-7-9-15(28-2)10-8-14)19(26)24(20(27)23-21)13-18(25)16-5-3-4-6-17(16)22/h3-10H,11-13H2,1-2H3,(H,23,27)/t21-/m0/s1. The van der Waals surface area contributed by atoms with Crippen LogP contribution < -0.4 is 10.1 Å². The summed E-state index contributed by atoms with van der Waals surface area (Å²) in [5.74, 6) is -1.06. The average Bonchev–Trinajstić information content (AvgIpc) is 2.90. The maximum absolute atomic E-state index is 13.8. The molecule has 2 aromatic rings. The second-order valence-corrected chi connectivity index (χ2v) is 6.90. The highest BCUT2D eigenvalue weighted by Gasteiger charge is 2.47. The van der Waals surface area contributed by atoms with Crippen LogP contribution in [0.3, 0.4) is 0 Å². The van der Waals surface area contributed by atoms with E-state index < -0.39 is 35.6 Å². The Bertz CT molecular complexity index is 913. The van der Waals surface area contributed by atoms with Crippen molar-refractivity contribution in [1.82, 2.24) is 10.2 Å². The van der Waals surface area contributed by atoms with Crippen molar-refractivity contribution in [3.63, 3.8) is 0 Å². The summed E-state index contributed by atoms with van der Waals surface area (Å²) in [5, 5.41) is 2.66. The Hall–Kier alpha value is -3.22. The first-order valence-corrected chi connectivity index (χ1v) is 8.89. The highest BCUT2D eigenvalue weighted by Crippen LogP contribution is 2.24. The normalized spacial score (nSPS) is 18.9. The molecule has 0 unspecified atom stereocenters. The Labute approximate surface area is 162 Å². The van der Waals surface area contributed by atoms with E-state index in [2.05, 4.69) is 5.32 Å². The predicted molar refractivity (Wildman–Crippen MR) is 101 cm³/mol. The highest BCUT2D eigenvalue weighted by atomic mass is 19.1. The second-order valence-electron chi connectivity index (χ2n) is 6.90. The molecule has 0 aromatic heterocycles. The molecule has 7 heteroatoms. The summed E-state index contributed by atoms with van der Waals surface area (Å²) in [4.78, 5) is 38.3. The molecule has 3 rings (SSSR count). The minimum atomic E-state index is -1.12. The lowest BCUT2D eigenvalue weighted by atomic mass is 9.93. The molecule has 1 saturated heterocycles. The summed E-state index contributed by atoms with van der Waals surface area (Å²) >= 11 is 0. The minimum Gasteiger partial charge on any atom is -0.497 e. The fraction of sp³-hybridized carbons (Fsp3) is 0.286. The zero-order chi connectivity index (χ0) is 20.3. The van der Waals surface area contributed by atoms with E-state index in [0.717, 1.165) is 22.3 Å². The van der Waals surface area contributed by atoms with Gasteiger partial charge in [-0.1, -0.05) is 24.3 Å². The number of nitrogens with one attached hydrogen (secondary N) is 1. The topological polar surface area (TPSA) is 75.7 Å². The Balaban J connectivity index is 1.67. The van der Waals surface area contributed by atoms with Gasteiger partial charge in [-0.3, -0.25) is 14.5 Å². The van der Waals surface area contributed by atoms with Gasteiger partial charge >= 0.3 is 6.03 Å². The summed E-state index contributed by atoms with van der Waals surface area (Å²) in [6.45, 7) is 1.13. The van der Waals surface area contributed by atoms with Gasteiger partial charge in [0, 0.05) is 0 Å². The van der Waals surface area contributed by atoms with E-state index in [1.807, 2.05) is 24.3 Å². The SMILES string of the molecule is COc1ccc(CC[C@]2(C)NC(=O)N(CC(=O)c3ccccc3F)C2=O)cc1. The van der Waals surface area contributed by atoms with Crippen LogP contribution in [0.1, 0.15) is 29.3 Å². The molecule has 0 saturated carbocycles. The molecule has 0 aliphatic carbocycles. The van der Waals surface area contributed by atoms with E-state index in [1.165, 1.54) is 18.2 Å². The number of benzene rings is 2. The molecule has 6 nitrogen and oxygen atoms in total. The van der Waals surface area contributed by atoms with Crippen molar-refractivity contribution in [3.8, 4) is 5.75 Å². The Morgan fingerprint density at radius 1 is 1.14 bits per heavy atom. The summed E-state index contributed by atoms with van der Waals surface area (Å²) in [7, 11) is 1.58. The molecule has 28 heavy (non-hydrogen) atoms. The Kier molecular flexibility index (Phi) is 5.44. The molecular weight excluding hydrogens is 363 g/mol. The van der Waals surface area contributed by atoms with Crippen molar-refractivity contribution in [2.45, 2.75) is 25.3 Å². The van der Waals surface area contributed by atoms with Crippen molar-refractivity contribution >= 4 is 17.7 Å². The molecule has 1 atom stereocenters. The van der Waals surface area contributed by atoms with Gasteiger partial charge in [0.25, 0.3) is 5.91 Å². The second kappa shape index (κ2) is 7.80. The maximum atomic E-state index is 13.8. The zero-order valence-corrected chi connectivity index (χ0v) is 15.7. The van der Waals surface area contributed by atoms with E-state index in [9.17, 15) is 18.8 Å². The van der Waals surface area contributed by atoms with Crippen LogP contribution in [-0.2, 0) is 11.2 Å². The molecule has 1 fully saturated rings. The lowest BCUT2D eigenvalue weighted by Crippen LogP contribution is -2.44. The lowest BCUT2D eigenvalue weighted by molar-refractivity contribution is -0.130. The number of Topliss-reactive ketones (excluding diaryl/α,β-unsaturated/α-hetero) is 1. The molecular formula is C21H21FN2O4. The van der Waals surface area contributed by atoms with E-state index in [0.29, 0.717) is 12.8 Å². The molecule has 2 aromatic carbocycles. The van der Waals surface area contributed by atoms with Gasteiger partial charge in [-0.05, 0) is 49.6 Å².